The normalized spacial score (nSPS) is 13.4. The van der Waals surface area contributed by atoms with Crippen LogP contribution in [0.2, 0.25) is 0 Å². The van der Waals surface area contributed by atoms with Crippen LogP contribution in [0, 0.1) is 26.0 Å². The van der Waals surface area contributed by atoms with E-state index >= 15 is 0 Å². The van der Waals surface area contributed by atoms with Gasteiger partial charge in [-0.1, -0.05) is 0 Å². The molecule has 1 heterocycles. The van der Waals surface area contributed by atoms with E-state index in [0.717, 1.165) is 24.3 Å². The second-order valence-electron chi connectivity index (χ2n) is 6.39. The second kappa shape index (κ2) is 9.40. The predicted molar refractivity (Wildman–Crippen MR) is 113 cm³/mol. The van der Waals surface area contributed by atoms with Gasteiger partial charge in [0.05, 0.1) is 40.0 Å². The summed E-state index contributed by atoms with van der Waals surface area (Å²) in [5, 5.41) is 26.4. The van der Waals surface area contributed by atoms with E-state index in [0.29, 0.717) is 32.0 Å². The first kappa shape index (κ1) is 22.0. The SMILES string of the molecule is O=C(NC(=S)Nc1cc([N+](=O)[O-])ccc1F)c1cc([N+](=O)[O-])ccc1N1CCOCC1. The minimum Gasteiger partial charge on any atom is -0.378 e. The molecule has 0 bridgehead atoms. The van der Waals surface area contributed by atoms with Crippen molar-refractivity contribution in [1.82, 2.24) is 5.32 Å². The van der Waals surface area contributed by atoms with Gasteiger partial charge in [-0.2, -0.15) is 0 Å². The van der Waals surface area contributed by atoms with Gasteiger partial charge in [-0.3, -0.25) is 30.3 Å². The zero-order valence-corrected chi connectivity index (χ0v) is 16.7. The first-order valence-electron chi connectivity index (χ1n) is 8.93. The third-order valence-electron chi connectivity index (χ3n) is 4.42. The molecule has 0 aromatic heterocycles. The molecule has 1 saturated heterocycles. The molecule has 162 valence electrons. The molecular weight excluding hydrogens is 433 g/mol. The fraction of sp³-hybridized carbons (Fsp3) is 0.222. The van der Waals surface area contributed by atoms with E-state index in [4.69, 9.17) is 17.0 Å². The Morgan fingerprint density at radius 1 is 1.06 bits per heavy atom. The highest BCUT2D eigenvalue weighted by Crippen LogP contribution is 2.27. The van der Waals surface area contributed by atoms with Gasteiger partial charge in [0, 0.05) is 37.4 Å². The molecule has 2 N–H and O–H groups in total. The van der Waals surface area contributed by atoms with Crippen molar-refractivity contribution in [1.29, 1.82) is 0 Å². The second-order valence-corrected chi connectivity index (χ2v) is 6.80. The molecule has 13 heteroatoms. The van der Waals surface area contributed by atoms with Crippen molar-refractivity contribution < 1.29 is 23.8 Å². The number of benzene rings is 2. The van der Waals surface area contributed by atoms with Gasteiger partial charge in [0.15, 0.2) is 5.11 Å². The molecule has 11 nitrogen and oxygen atoms in total. The molecule has 1 amide bonds. The van der Waals surface area contributed by atoms with Crippen molar-refractivity contribution in [3.05, 3.63) is 68.0 Å². The van der Waals surface area contributed by atoms with Gasteiger partial charge in [-0.05, 0) is 24.4 Å². The summed E-state index contributed by atoms with van der Waals surface area (Å²) in [5.74, 6) is -1.57. The topological polar surface area (TPSA) is 140 Å². The minimum atomic E-state index is -0.813. The van der Waals surface area contributed by atoms with Crippen LogP contribution < -0.4 is 15.5 Å². The number of nitrogens with zero attached hydrogens (tertiary/aromatic N) is 3. The van der Waals surface area contributed by atoms with Gasteiger partial charge in [0.1, 0.15) is 5.82 Å². The molecule has 31 heavy (non-hydrogen) atoms. The molecule has 0 atom stereocenters. The Labute approximate surface area is 180 Å². The van der Waals surface area contributed by atoms with Gasteiger partial charge >= 0.3 is 0 Å². The van der Waals surface area contributed by atoms with E-state index in [2.05, 4.69) is 10.6 Å². The average molecular weight is 449 g/mol. The fourth-order valence-electron chi connectivity index (χ4n) is 2.95. The summed E-state index contributed by atoms with van der Waals surface area (Å²) >= 11 is 5.02. The van der Waals surface area contributed by atoms with Gasteiger partial charge < -0.3 is 15.0 Å². The van der Waals surface area contributed by atoms with Crippen molar-refractivity contribution >= 4 is 46.0 Å². The van der Waals surface area contributed by atoms with Crippen molar-refractivity contribution in [3.8, 4) is 0 Å². The number of rotatable bonds is 5. The number of ether oxygens (including phenoxy) is 1. The van der Waals surface area contributed by atoms with Crippen LogP contribution in [-0.4, -0.2) is 47.2 Å². The van der Waals surface area contributed by atoms with Crippen LogP contribution in [-0.2, 0) is 4.74 Å². The molecule has 0 radical (unpaired) electrons. The standard InChI is InChI=1S/C18H16FN5O6S/c19-14-3-1-12(24(28)29)10-15(14)20-18(31)21-17(25)13-9-11(23(26)27)2-4-16(13)22-5-7-30-8-6-22/h1-4,9-10H,5-8H2,(H2,20,21,25,31). The number of nitro benzene ring substituents is 2. The molecule has 2 aromatic carbocycles. The summed E-state index contributed by atoms with van der Waals surface area (Å²) < 4.78 is 19.2. The lowest BCUT2D eigenvalue weighted by Gasteiger charge is -2.30. The molecule has 2 aromatic rings. The number of carbonyl (C=O) groups is 1. The summed E-state index contributed by atoms with van der Waals surface area (Å²) in [5.41, 5.74) is -0.500. The van der Waals surface area contributed by atoms with Gasteiger partial charge in [-0.25, -0.2) is 4.39 Å². The lowest BCUT2D eigenvalue weighted by molar-refractivity contribution is -0.385. The predicted octanol–water partition coefficient (Wildman–Crippen LogP) is 2.61. The number of amides is 1. The molecular formula is C18H16FN5O6S. The number of anilines is 2. The maximum absolute atomic E-state index is 14.0. The van der Waals surface area contributed by atoms with Crippen LogP contribution in [0.15, 0.2) is 36.4 Å². The Morgan fingerprint density at radius 3 is 2.32 bits per heavy atom. The summed E-state index contributed by atoms with van der Waals surface area (Å²) in [4.78, 5) is 35.4. The van der Waals surface area contributed by atoms with Crippen LogP contribution >= 0.6 is 12.2 Å². The lowest BCUT2D eigenvalue weighted by Crippen LogP contribution is -2.39. The summed E-state index contributed by atoms with van der Waals surface area (Å²) in [7, 11) is 0. The van der Waals surface area contributed by atoms with Crippen LogP contribution in [0.5, 0.6) is 0 Å². The third-order valence-corrected chi connectivity index (χ3v) is 4.63. The number of hydrogen-bond donors (Lipinski definition) is 2. The summed E-state index contributed by atoms with van der Waals surface area (Å²) in [6, 6.07) is 6.69. The Kier molecular flexibility index (Phi) is 6.67. The average Bonchev–Trinajstić information content (AvgIpc) is 2.75. The Morgan fingerprint density at radius 2 is 1.68 bits per heavy atom. The van der Waals surface area contributed by atoms with Crippen molar-refractivity contribution in [2.24, 2.45) is 0 Å². The van der Waals surface area contributed by atoms with E-state index in [9.17, 15) is 29.4 Å². The molecule has 0 unspecified atom stereocenters. The highest BCUT2D eigenvalue weighted by molar-refractivity contribution is 7.80. The fourth-order valence-corrected chi connectivity index (χ4v) is 3.15. The van der Waals surface area contributed by atoms with Crippen molar-refractivity contribution in [3.63, 3.8) is 0 Å². The zero-order valence-electron chi connectivity index (χ0n) is 15.9. The smallest absolute Gasteiger partial charge is 0.271 e. The number of thiocarbonyl (C=S) groups is 1. The van der Waals surface area contributed by atoms with Crippen molar-refractivity contribution in [2.75, 3.05) is 36.5 Å². The number of nitro groups is 2. The van der Waals surface area contributed by atoms with E-state index < -0.39 is 21.6 Å². The monoisotopic (exact) mass is 449 g/mol. The first-order valence-corrected chi connectivity index (χ1v) is 9.34. The minimum absolute atomic E-state index is 0.000218. The molecule has 0 saturated carbocycles. The number of hydrogen-bond acceptors (Lipinski definition) is 8. The maximum atomic E-state index is 14.0. The Balaban J connectivity index is 1.82. The van der Waals surface area contributed by atoms with Crippen LogP contribution in [0.3, 0.4) is 0 Å². The van der Waals surface area contributed by atoms with E-state index in [1.54, 1.807) is 0 Å². The highest BCUT2D eigenvalue weighted by atomic mass is 32.1. The summed E-state index contributed by atoms with van der Waals surface area (Å²) in [6.07, 6.45) is 0. The number of morpholine rings is 1. The van der Waals surface area contributed by atoms with Gasteiger partial charge in [0.25, 0.3) is 17.3 Å². The molecule has 1 aliphatic rings. The van der Waals surface area contributed by atoms with E-state index in [1.807, 2.05) is 4.90 Å². The third kappa shape index (κ3) is 5.26. The highest BCUT2D eigenvalue weighted by Gasteiger charge is 2.23. The number of non-ortho nitro benzene ring substituents is 2. The Hall–Kier alpha value is -3.71. The largest absolute Gasteiger partial charge is 0.378 e. The number of halogens is 1. The maximum Gasteiger partial charge on any atom is 0.271 e. The van der Waals surface area contributed by atoms with Crippen molar-refractivity contribution in [2.45, 2.75) is 0 Å². The first-order chi connectivity index (χ1) is 14.8. The molecule has 0 spiro atoms. The van der Waals surface area contributed by atoms with Crippen LogP contribution in [0.4, 0.5) is 27.1 Å². The van der Waals surface area contributed by atoms with Gasteiger partial charge in [0.2, 0.25) is 0 Å². The number of carbonyl (C=O) groups excluding carboxylic acids is 1. The van der Waals surface area contributed by atoms with E-state index in [1.165, 1.54) is 12.1 Å². The lowest BCUT2D eigenvalue weighted by atomic mass is 10.1. The van der Waals surface area contributed by atoms with Crippen LogP contribution in [0.25, 0.3) is 0 Å². The quantitative estimate of drug-likeness (QED) is 0.400. The van der Waals surface area contributed by atoms with Crippen LogP contribution in [0.1, 0.15) is 10.4 Å². The summed E-state index contributed by atoms with van der Waals surface area (Å²) in [6.45, 7) is 1.84. The molecule has 1 aliphatic heterocycles. The molecule has 0 aliphatic carbocycles. The molecule has 1 fully saturated rings. The number of nitrogens with one attached hydrogen (secondary N) is 2. The van der Waals surface area contributed by atoms with E-state index in [-0.39, 0.29) is 27.7 Å². The molecule has 3 rings (SSSR count). The van der Waals surface area contributed by atoms with Gasteiger partial charge in [-0.15, -0.1) is 0 Å². The Bertz CT molecular complexity index is 1060. The zero-order chi connectivity index (χ0) is 22.5.